The molecule has 96 valence electrons. The molecule has 1 aliphatic heterocycles. The molecule has 2 rings (SSSR count). The van der Waals surface area contributed by atoms with E-state index in [9.17, 15) is 0 Å². The Morgan fingerprint density at radius 1 is 1.59 bits per heavy atom. The molecule has 1 saturated heterocycles. The molecular weight excluding hydrogens is 232 g/mol. The van der Waals surface area contributed by atoms with Crippen LogP contribution in [0, 0.1) is 0 Å². The second-order valence-corrected chi connectivity index (χ2v) is 6.92. The highest BCUT2D eigenvalue weighted by Crippen LogP contribution is 2.40. The molecular formula is C12H22N4S. The van der Waals surface area contributed by atoms with E-state index in [1.165, 1.54) is 18.6 Å². The van der Waals surface area contributed by atoms with Crippen LogP contribution in [0.15, 0.2) is 6.33 Å². The zero-order valence-electron chi connectivity index (χ0n) is 10.9. The van der Waals surface area contributed by atoms with Crippen LogP contribution in [-0.4, -0.2) is 31.3 Å². The van der Waals surface area contributed by atoms with Crippen LogP contribution in [-0.2, 0) is 6.42 Å². The van der Waals surface area contributed by atoms with E-state index >= 15 is 0 Å². The maximum absolute atomic E-state index is 6.37. The zero-order valence-corrected chi connectivity index (χ0v) is 11.7. The van der Waals surface area contributed by atoms with Crippen molar-refractivity contribution >= 4 is 11.8 Å². The molecule has 0 radical (unpaired) electrons. The van der Waals surface area contributed by atoms with Crippen molar-refractivity contribution in [3.05, 3.63) is 12.2 Å². The Labute approximate surface area is 107 Å². The Morgan fingerprint density at radius 2 is 2.35 bits per heavy atom. The fourth-order valence-electron chi connectivity index (χ4n) is 2.36. The molecule has 0 aromatic carbocycles. The average molecular weight is 254 g/mol. The number of nitrogens with two attached hydrogens (primary N) is 1. The molecule has 0 aliphatic carbocycles. The first-order chi connectivity index (χ1) is 8.03. The second kappa shape index (κ2) is 4.98. The highest BCUT2D eigenvalue weighted by atomic mass is 32.2. The summed E-state index contributed by atoms with van der Waals surface area (Å²) < 4.78 is 2.19. The molecule has 4 nitrogen and oxygen atoms in total. The van der Waals surface area contributed by atoms with E-state index in [0.717, 1.165) is 12.2 Å². The summed E-state index contributed by atoms with van der Waals surface area (Å²) in [6, 6.07) is 0.514. The number of rotatable bonds is 4. The van der Waals surface area contributed by atoms with E-state index in [2.05, 4.69) is 30.9 Å². The monoisotopic (exact) mass is 254 g/mol. The summed E-state index contributed by atoms with van der Waals surface area (Å²) in [5.74, 6) is 2.25. The lowest BCUT2D eigenvalue weighted by Crippen LogP contribution is -2.43. The third-order valence-electron chi connectivity index (χ3n) is 3.57. The van der Waals surface area contributed by atoms with Crippen LogP contribution in [0.4, 0.5) is 0 Å². The molecule has 5 heteroatoms. The number of aromatic nitrogens is 3. The van der Waals surface area contributed by atoms with Crippen LogP contribution < -0.4 is 5.73 Å². The first kappa shape index (κ1) is 12.9. The summed E-state index contributed by atoms with van der Waals surface area (Å²) in [5.41, 5.74) is 6.37. The molecule has 0 amide bonds. The number of nitrogens with zero attached hydrogens (tertiary/aromatic N) is 3. The van der Waals surface area contributed by atoms with Gasteiger partial charge in [0.1, 0.15) is 12.2 Å². The van der Waals surface area contributed by atoms with Crippen molar-refractivity contribution in [3.63, 3.8) is 0 Å². The summed E-state index contributed by atoms with van der Waals surface area (Å²) in [6.45, 7) is 6.52. The van der Waals surface area contributed by atoms with E-state index in [1.54, 1.807) is 6.33 Å². The molecule has 1 aromatic rings. The molecule has 1 fully saturated rings. The minimum atomic E-state index is 0.164. The third kappa shape index (κ3) is 2.65. The summed E-state index contributed by atoms with van der Waals surface area (Å²) in [7, 11) is 0. The third-order valence-corrected chi connectivity index (χ3v) is 5.23. The van der Waals surface area contributed by atoms with Crippen molar-refractivity contribution in [3.8, 4) is 0 Å². The van der Waals surface area contributed by atoms with E-state index in [4.69, 9.17) is 5.73 Å². The van der Waals surface area contributed by atoms with Crippen LogP contribution in [0.3, 0.4) is 0 Å². The van der Waals surface area contributed by atoms with Gasteiger partial charge < -0.3 is 5.73 Å². The topological polar surface area (TPSA) is 56.7 Å². The number of thioether (sulfide) groups is 1. The van der Waals surface area contributed by atoms with Crippen molar-refractivity contribution in [2.24, 2.45) is 5.73 Å². The lowest BCUT2D eigenvalue weighted by atomic mass is 9.94. The number of hydrogen-bond acceptors (Lipinski definition) is 4. The van der Waals surface area contributed by atoms with Crippen LogP contribution in [0.5, 0.6) is 0 Å². The molecule has 1 aromatic heterocycles. The summed E-state index contributed by atoms with van der Waals surface area (Å²) >= 11 is 2.01. The standard InChI is InChI=1S/C12H22N4S/c1-9(2)16-11(14-8-15-16)7-10(13)12(3)5-4-6-17-12/h8-10H,4-7,13H2,1-3H3. The lowest BCUT2D eigenvalue weighted by molar-refractivity contribution is 0.443. The van der Waals surface area contributed by atoms with Gasteiger partial charge in [0.2, 0.25) is 0 Å². The zero-order chi connectivity index (χ0) is 12.5. The van der Waals surface area contributed by atoms with Crippen molar-refractivity contribution < 1.29 is 0 Å². The van der Waals surface area contributed by atoms with Crippen LogP contribution >= 0.6 is 11.8 Å². The first-order valence-corrected chi connectivity index (χ1v) is 7.29. The van der Waals surface area contributed by atoms with Gasteiger partial charge in [-0.3, -0.25) is 0 Å². The molecule has 17 heavy (non-hydrogen) atoms. The van der Waals surface area contributed by atoms with Crippen molar-refractivity contribution in [2.75, 3.05) is 5.75 Å². The SMILES string of the molecule is CC(C)n1ncnc1CC(N)C1(C)CCCS1. The Bertz CT molecular complexity index is 368. The predicted molar refractivity (Wildman–Crippen MR) is 72.2 cm³/mol. The molecule has 2 atom stereocenters. The Kier molecular flexibility index (Phi) is 3.78. The Balaban J connectivity index is 2.07. The van der Waals surface area contributed by atoms with Crippen molar-refractivity contribution in [1.82, 2.24) is 14.8 Å². The van der Waals surface area contributed by atoms with Crippen LogP contribution in [0.2, 0.25) is 0 Å². The normalized spacial score (nSPS) is 26.6. The van der Waals surface area contributed by atoms with Gasteiger partial charge in [-0.15, -0.1) is 0 Å². The highest BCUT2D eigenvalue weighted by molar-refractivity contribution is 8.00. The van der Waals surface area contributed by atoms with Gasteiger partial charge in [0.15, 0.2) is 0 Å². The molecule has 0 bridgehead atoms. The van der Waals surface area contributed by atoms with Gasteiger partial charge in [-0.25, -0.2) is 9.67 Å². The molecule has 2 unspecified atom stereocenters. The summed E-state index contributed by atoms with van der Waals surface area (Å²) in [5, 5.41) is 4.26. The smallest absolute Gasteiger partial charge is 0.138 e. The van der Waals surface area contributed by atoms with E-state index in [1.807, 2.05) is 16.4 Å². The second-order valence-electron chi connectivity index (χ2n) is 5.29. The van der Waals surface area contributed by atoms with Gasteiger partial charge in [0.05, 0.1) is 0 Å². The quantitative estimate of drug-likeness (QED) is 0.893. The first-order valence-electron chi connectivity index (χ1n) is 6.31. The molecule has 0 spiro atoms. The molecule has 2 heterocycles. The fraction of sp³-hybridized carbons (Fsp3) is 0.833. The molecule has 1 aliphatic rings. The van der Waals surface area contributed by atoms with E-state index in [-0.39, 0.29) is 10.8 Å². The van der Waals surface area contributed by atoms with Gasteiger partial charge in [-0.05, 0) is 39.4 Å². The van der Waals surface area contributed by atoms with E-state index in [0.29, 0.717) is 6.04 Å². The van der Waals surface area contributed by atoms with E-state index < -0.39 is 0 Å². The van der Waals surface area contributed by atoms with Crippen LogP contribution in [0.1, 0.15) is 45.5 Å². The van der Waals surface area contributed by atoms with Crippen molar-refractivity contribution in [1.29, 1.82) is 0 Å². The van der Waals surface area contributed by atoms with Gasteiger partial charge in [0.25, 0.3) is 0 Å². The fourth-order valence-corrected chi connectivity index (χ4v) is 3.70. The molecule has 2 N–H and O–H groups in total. The Morgan fingerprint density at radius 3 is 2.94 bits per heavy atom. The minimum absolute atomic E-state index is 0.164. The van der Waals surface area contributed by atoms with Gasteiger partial charge in [-0.1, -0.05) is 0 Å². The molecule has 0 saturated carbocycles. The Hall–Kier alpha value is -0.550. The number of hydrogen-bond donors (Lipinski definition) is 1. The van der Waals surface area contributed by atoms with Crippen molar-refractivity contribution in [2.45, 2.75) is 56.9 Å². The van der Waals surface area contributed by atoms with Gasteiger partial charge in [0, 0.05) is 23.3 Å². The predicted octanol–water partition coefficient (Wildman–Crippen LogP) is 2.01. The van der Waals surface area contributed by atoms with Crippen LogP contribution in [0.25, 0.3) is 0 Å². The minimum Gasteiger partial charge on any atom is -0.326 e. The average Bonchev–Trinajstić information content (AvgIpc) is 2.87. The van der Waals surface area contributed by atoms with Gasteiger partial charge in [-0.2, -0.15) is 16.9 Å². The summed E-state index contributed by atoms with van der Waals surface area (Å²) in [6.07, 6.45) is 4.95. The largest absolute Gasteiger partial charge is 0.326 e. The lowest BCUT2D eigenvalue weighted by Gasteiger charge is -2.30. The summed E-state index contributed by atoms with van der Waals surface area (Å²) in [4.78, 5) is 4.34. The highest BCUT2D eigenvalue weighted by Gasteiger charge is 2.36. The van der Waals surface area contributed by atoms with Gasteiger partial charge >= 0.3 is 0 Å². The maximum atomic E-state index is 6.37. The maximum Gasteiger partial charge on any atom is 0.138 e.